The summed E-state index contributed by atoms with van der Waals surface area (Å²) in [7, 11) is 0. The van der Waals surface area contributed by atoms with Gasteiger partial charge in [-0.15, -0.1) is 0 Å². The van der Waals surface area contributed by atoms with E-state index in [0.29, 0.717) is 12.0 Å². The number of pyridine rings is 1. The number of amides is 1. The second-order valence-electron chi connectivity index (χ2n) is 3.31. The molecule has 1 aromatic rings. The van der Waals surface area contributed by atoms with E-state index in [9.17, 15) is 4.79 Å². The minimum atomic E-state index is -0.432. The largest absolute Gasteiger partial charge is 0.336 e. The highest BCUT2D eigenvalue weighted by Gasteiger charge is 2.11. The number of carbonyl (C=O) groups is 1. The Hall–Kier alpha value is -1.89. The van der Waals surface area contributed by atoms with Crippen molar-refractivity contribution in [3.8, 4) is 6.07 Å². The topological polar surface area (TPSA) is 65.8 Å². The van der Waals surface area contributed by atoms with Crippen LogP contribution in [0.2, 0.25) is 0 Å². The van der Waals surface area contributed by atoms with Crippen molar-refractivity contribution in [1.29, 1.82) is 5.26 Å². The van der Waals surface area contributed by atoms with E-state index in [0.717, 1.165) is 5.56 Å². The van der Waals surface area contributed by atoms with E-state index < -0.39 is 6.04 Å². The van der Waals surface area contributed by atoms with Gasteiger partial charge in [-0.3, -0.25) is 9.78 Å². The Morgan fingerprint density at radius 2 is 2.40 bits per heavy atom. The number of aromatic nitrogens is 1. The van der Waals surface area contributed by atoms with Crippen LogP contribution in [-0.4, -0.2) is 16.9 Å². The SMILES string of the molecule is CCC(C#N)NC(=O)c1cncc(C)c1. The van der Waals surface area contributed by atoms with Gasteiger partial charge in [-0.2, -0.15) is 5.26 Å². The highest BCUT2D eigenvalue weighted by atomic mass is 16.1. The van der Waals surface area contributed by atoms with E-state index in [1.165, 1.54) is 6.20 Å². The molecule has 0 spiro atoms. The Labute approximate surface area is 88.9 Å². The summed E-state index contributed by atoms with van der Waals surface area (Å²) in [5.74, 6) is -0.250. The Kier molecular flexibility index (Phi) is 3.81. The molecule has 78 valence electrons. The van der Waals surface area contributed by atoms with Crippen LogP contribution in [0.4, 0.5) is 0 Å². The summed E-state index contributed by atoms with van der Waals surface area (Å²) in [4.78, 5) is 15.5. The van der Waals surface area contributed by atoms with Gasteiger partial charge in [-0.05, 0) is 25.0 Å². The number of aryl methyl sites for hydroxylation is 1. The lowest BCUT2D eigenvalue weighted by molar-refractivity contribution is 0.0944. The molecule has 1 N–H and O–H groups in total. The smallest absolute Gasteiger partial charge is 0.253 e. The molecule has 1 heterocycles. The Balaban J connectivity index is 2.74. The molecule has 15 heavy (non-hydrogen) atoms. The summed E-state index contributed by atoms with van der Waals surface area (Å²) < 4.78 is 0. The van der Waals surface area contributed by atoms with Crippen molar-refractivity contribution in [3.05, 3.63) is 29.6 Å². The highest BCUT2D eigenvalue weighted by molar-refractivity contribution is 5.94. The van der Waals surface area contributed by atoms with Gasteiger partial charge in [0.15, 0.2) is 0 Å². The Morgan fingerprint density at radius 3 is 2.93 bits per heavy atom. The fourth-order valence-electron chi connectivity index (χ4n) is 1.15. The highest BCUT2D eigenvalue weighted by Crippen LogP contribution is 2.02. The quantitative estimate of drug-likeness (QED) is 0.808. The zero-order valence-electron chi connectivity index (χ0n) is 8.82. The van der Waals surface area contributed by atoms with Gasteiger partial charge in [0, 0.05) is 12.4 Å². The molecule has 0 fully saturated rings. The van der Waals surface area contributed by atoms with Crippen molar-refractivity contribution >= 4 is 5.91 Å². The number of rotatable bonds is 3. The summed E-state index contributed by atoms with van der Waals surface area (Å²) in [6.45, 7) is 3.72. The van der Waals surface area contributed by atoms with Crippen LogP contribution in [-0.2, 0) is 0 Å². The van der Waals surface area contributed by atoms with Crippen LogP contribution in [0.5, 0.6) is 0 Å². The molecule has 1 unspecified atom stereocenters. The number of carbonyl (C=O) groups excluding carboxylic acids is 1. The third-order valence-electron chi connectivity index (χ3n) is 2.01. The zero-order valence-corrected chi connectivity index (χ0v) is 8.82. The minimum Gasteiger partial charge on any atom is -0.336 e. The predicted octanol–water partition coefficient (Wildman–Crippen LogP) is 1.42. The van der Waals surface area contributed by atoms with Crippen LogP contribution in [0.3, 0.4) is 0 Å². The molecule has 0 radical (unpaired) electrons. The molecular weight excluding hydrogens is 190 g/mol. The summed E-state index contributed by atoms with van der Waals surface area (Å²) in [5, 5.41) is 11.3. The normalized spacial score (nSPS) is 11.5. The summed E-state index contributed by atoms with van der Waals surface area (Å²) in [6.07, 6.45) is 3.77. The number of hydrogen-bond donors (Lipinski definition) is 1. The van der Waals surface area contributed by atoms with E-state index in [4.69, 9.17) is 5.26 Å². The molecule has 0 aliphatic rings. The van der Waals surface area contributed by atoms with Crippen molar-refractivity contribution in [1.82, 2.24) is 10.3 Å². The average Bonchev–Trinajstić information content (AvgIpc) is 2.25. The van der Waals surface area contributed by atoms with Crippen molar-refractivity contribution in [2.75, 3.05) is 0 Å². The van der Waals surface area contributed by atoms with Gasteiger partial charge < -0.3 is 5.32 Å². The first-order valence-electron chi connectivity index (χ1n) is 4.79. The van der Waals surface area contributed by atoms with Gasteiger partial charge >= 0.3 is 0 Å². The lowest BCUT2D eigenvalue weighted by Gasteiger charge is -2.08. The Morgan fingerprint density at radius 1 is 1.67 bits per heavy atom. The van der Waals surface area contributed by atoms with Gasteiger partial charge in [0.05, 0.1) is 11.6 Å². The van der Waals surface area contributed by atoms with Gasteiger partial charge in [-0.25, -0.2) is 0 Å². The van der Waals surface area contributed by atoms with Gasteiger partial charge in [0.1, 0.15) is 6.04 Å². The minimum absolute atomic E-state index is 0.250. The molecule has 0 bridgehead atoms. The summed E-state index contributed by atoms with van der Waals surface area (Å²) >= 11 is 0. The lowest BCUT2D eigenvalue weighted by Crippen LogP contribution is -2.33. The molecular formula is C11H13N3O. The molecule has 0 saturated carbocycles. The molecule has 1 rings (SSSR count). The summed E-state index contributed by atoms with van der Waals surface area (Å²) in [6, 6.07) is 3.32. The van der Waals surface area contributed by atoms with E-state index in [2.05, 4.69) is 10.3 Å². The standard InChI is InChI=1S/C11H13N3O/c1-3-10(5-12)14-11(15)9-4-8(2)6-13-7-9/h4,6-7,10H,3H2,1-2H3,(H,14,15). The lowest BCUT2D eigenvalue weighted by atomic mass is 10.2. The molecule has 1 aromatic heterocycles. The molecule has 4 heteroatoms. The molecule has 0 aromatic carbocycles. The van der Waals surface area contributed by atoms with Gasteiger partial charge in [0.2, 0.25) is 0 Å². The van der Waals surface area contributed by atoms with E-state index in [1.54, 1.807) is 12.3 Å². The van der Waals surface area contributed by atoms with Crippen LogP contribution in [0.1, 0.15) is 29.3 Å². The van der Waals surface area contributed by atoms with Gasteiger partial charge in [0.25, 0.3) is 5.91 Å². The molecule has 1 amide bonds. The maximum atomic E-state index is 11.6. The Bertz CT molecular complexity index is 395. The maximum Gasteiger partial charge on any atom is 0.253 e. The summed E-state index contributed by atoms with van der Waals surface area (Å²) in [5.41, 5.74) is 1.41. The number of nitrogens with zero attached hydrogens (tertiary/aromatic N) is 2. The van der Waals surface area contributed by atoms with E-state index in [-0.39, 0.29) is 5.91 Å². The second kappa shape index (κ2) is 5.11. The van der Waals surface area contributed by atoms with Crippen LogP contribution in [0.25, 0.3) is 0 Å². The first kappa shape index (κ1) is 11.2. The van der Waals surface area contributed by atoms with Crippen molar-refractivity contribution in [2.24, 2.45) is 0 Å². The maximum absolute atomic E-state index is 11.6. The molecule has 4 nitrogen and oxygen atoms in total. The van der Waals surface area contributed by atoms with Crippen LogP contribution >= 0.6 is 0 Å². The molecule has 0 aliphatic heterocycles. The van der Waals surface area contributed by atoms with Crippen LogP contribution in [0, 0.1) is 18.3 Å². The van der Waals surface area contributed by atoms with Gasteiger partial charge in [-0.1, -0.05) is 6.92 Å². The number of hydrogen-bond acceptors (Lipinski definition) is 3. The fraction of sp³-hybridized carbons (Fsp3) is 0.364. The van der Waals surface area contributed by atoms with E-state index >= 15 is 0 Å². The molecule has 0 aliphatic carbocycles. The average molecular weight is 203 g/mol. The fourth-order valence-corrected chi connectivity index (χ4v) is 1.15. The third-order valence-corrected chi connectivity index (χ3v) is 2.01. The monoisotopic (exact) mass is 203 g/mol. The second-order valence-corrected chi connectivity index (χ2v) is 3.31. The van der Waals surface area contributed by atoms with Crippen molar-refractivity contribution < 1.29 is 4.79 Å². The number of nitriles is 1. The first-order valence-corrected chi connectivity index (χ1v) is 4.79. The third kappa shape index (κ3) is 3.06. The predicted molar refractivity (Wildman–Crippen MR) is 56.1 cm³/mol. The zero-order chi connectivity index (χ0) is 11.3. The van der Waals surface area contributed by atoms with Crippen LogP contribution < -0.4 is 5.32 Å². The van der Waals surface area contributed by atoms with Crippen molar-refractivity contribution in [3.63, 3.8) is 0 Å². The first-order chi connectivity index (χ1) is 7.17. The number of nitrogens with one attached hydrogen (secondary N) is 1. The van der Waals surface area contributed by atoms with Crippen molar-refractivity contribution in [2.45, 2.75) is 26.3 Å². The van der Waals surface area contributed by atoms with E-state index in [1.807, 2.05) is 19.9 Å². The molecule has 0 saturated heterocycles. The molecule has 1 atom stereocenters. The van der Waals surface area contributed by atoms with Crippen LogP contribution in [0.15, 0.2) is 18.5 Å².